The van der Waals surface area contributed by atoms with Gasteiger partial charge < -0.3 is 4.74 Å². The maximum absolute atomic E-state index is 11.0. The zero-order chi connectivity index (χ0) is 9.14. The Morgan fingerprint density at radius 3 is 3.08 bits per heavy atom. The molecule has 0 aromatic rings. The Labute approximate surface area is 78.0 Å². The number of halogens is 1. The molecule has 0 aliphatic carbocycles. The number of esters is 1. The first-order chi connectivity index (χ1) is 5.65. The summed E-state index contributed by atoms with van der Waals surface area (Å²) in [4.78, 5) is 14.8. The molecule has 1 heterocycles. The van der Waals surface area contributed by atoms with Crippen LogP contribution in [0.3, 0.4) is 0 Å². The third-order valence-electron chi connectivity index (χ3n) is 1.31. The number of allylic oxidation sites excluding steroid dienone is 1. The first kappa shape index (κ1) is 9.21. The van der Waals surface area contributed by atoms with Crippen LogP contribution in [0.25, 0.3) is 0 Å². The van der Waals surface area contributed by atoms with Crippen LogP contribution in [0.2, 0.25) is 0 Å². The molecular weight excluding hydrogens is 226 g/mol. The Bertz CT molecular complexity index is 251. The number of aliphatic imine (C=N–C) groups is 1. The van der Waals surface area contributed by atoms with Crippen LogP contribution in [0.5, 0.6) is 0 Å². The standard InChI is InChI=1S/C6H8BrN3O2/c1-12-6(11)5-9-2-4(7)3-10(5)8/h2-3,5H,8H2,1H3. The van der Waals surface area contributed by atoms with Gasteiger partial charge in [0.25, 0.3) is 0 Å². The highest BCUT2D eigenvalue weighted by Gasteiger charge is 2.23. The zero-order valence-corrected chi connectivity index (χ0v) is 7.98. The molecule has 0 aromatic heterocycles. The number of rotatable bonds is 1. The van der Waals surface area contributed by atoms with E-state index >= 15 is 0 Å². The summed E-state index contributed by atoms with van der Waals surface area (Å²) in [5, 5.41) is 1.18. The lowest BCUT2D eigenvalue weighted by Crippen LogP contribution is -2.43. The quantitative estimate of drug-likeness (QED) is 0.511. The van der Waals surface area contributed by atoms with E-state index in [1.54, 1.807) is 6.20 Å². The lowest BCUT2D eigenvalue weighted by Gasteiger charge is -2.22. The minimum atomic E-state index is -0.767. The Hall–Kier alpha value is -0.880. The SMILES string of the molecule is COC(=O)C1N=CC(Br)=CN1N. The third-order valence-corrected chi connectivity index (χ3v) is 1.72. The number of methoxy groups -OCH3 is 1. The van der Waals surface area contributed by atoms with Crippen LogP contribution >= 0.6 is 15.9 Å². The molecule has 1 rings (SSSR count). The first-order valence-electron chi connectivity index (χ1n) is 3.16. The number of carbonyl (C=O) groups is 1. The van der Waals surface area contributed by atoms with Crippen LogP contribution in [0, 0.1) is 0 Å². The minimum Gasteiger partial charge on any atom is -0.466 e. The van der Waals surface area contributed by atoms with Crippen molar-refractivity contribution in [2.45, 2.75) is 6.17 Å². The minimum absolute atomic E-state index is 0.481. The first-order valence-corrected chi connectivity index (χ1v) is 3.96. The van der Waals surface area contributed by atoms with E-state index in [4.69, 9.17) is 5.84 Å². The molecule has 0 amide bonds. The van der Waals surface area contributed by atoms with E-state index in [-0.39, 0.29) is 0 Å². The molecule has 1 aliphatic heterocycles. The van der Waals surface area contributed by atoms with Crippen molar-refractivity contribution in [3.05, 3.63) is 10.7 Å². The number of nitrogens with two attached hydrogens (primary N) is 1. The summed E-state index contributed by atoms with van der Waals surface area (Å²) < 4.78 is 5.19. The highest BCUT2D eigenvalue weighted by molar-refractivity contribution is 9.12. The Kier molecular flexibility index (Phi) is 2.83. The summed E-state index contributed by atoms with van der Waals surface area (Å²) in [6, 6.07) is 0. The van der Waals surface area contributed by atoms with Crippen molar-refractivity contribution < 1.29 is 9.53 Å². The highest BCUT2D eigenvalue weighted by Crippen LogP contribution is 2.11. The molecule has 0 aromatic carbocycles. The summed E-state index contributed by atoms with van der Waals surface area (Å²) in [6.45, 7) is 0. The second kappa shape index (κ2) is 3.68. The molecule has 5 nitrogen and oxygen atoms in total. The van der Waals surface area contributed by atoms with Crippen LogP contribution in [0.4, 0.5) is 0 Å². The fourth-order valence-corrected chi connectivity index (χ4v) is 1.11. The Balaban J connectivity index is 2.72. The van der Waals surface area contributed by atoms with Crippen molar-refractivity contribution in [2.75, 3.05) is 7.11 Å². The molecule has 0 fully saturated rings. The fraction of sp³-hybridized carbons (Fsp3) is 0.333. The molecule has 1 atom stereocenters. The summed E-state index contributed by atoms with van der Waals surface area (Å²) in [6.07, 6.45) is 2.29. The van der Waals surface area contributed by atoms with E-state index in [1.807, 2.05) is 0 Å². The number of carbonyl (C=O) groups excluding carboxylic acids is 1. The van der Waals surface area contributed by atoms with Gasteiger partial charge in [0.2, 0.25) is 6.17 Å². The van der Waals surface area contributed by atoms with Gasteiger partial charge in [-0.2, -0.15) is 0 Å². The second-order valence-electron chi connectivity index (χ2n) is 2.14. The molecule has 2 N–H and O–H groups in total. The molecule has 12 heavy (non-hydrogen) atoms. The van der Waals surface area contributed by atoms with Gasteiger partial charge >= 0.3 is 5.97 Å². The monoisotopic (exact) mass is 233 g/mol. The van der Waals surface area contributed by atoms with E-state index in [9.17, 15) is 4.79 Å². The molecule has 6 heteroatoms. The second-order valence-corrected chi connectivity index (χ2v) is 3.05. The third kappa shape index (κ3) is 1.83. The lowest BCUT2D eigenvalue weighted by molar-refractivity contribution is -0.145. The van der Waals surface area contributed by atoms with Gasteiger partial charge in [-0.15, -0.1) is 0 Å². The molecule has 0 saturated carbocycles. The van der Waals surface area contributed by atoms with Crippen molar-refractivity contribution in [3.8, 4) is 0 Å². The molecule has 0 bridgehead atoms. The number of hydrogen-bond donors (Lipinski definition) is 1. The Morgan fingerprint density at radius 2 is 2.58 bits per heavy atom. The predicted molar refractivity (Wildman–Crippen MR) is 47.3 cm³/mol. The molecule has 0 radical (unpaired) electrons. The number of nitrogens with zero attached hydrogens (tertiary/aromatic N) is 2. The van der Waals surface area contributed by atoms with E-state index in [2.05, 4.69) is 25.7 Å². The van der Waals surface area contributed by atoms with Crippen LogP contribution in [0.1, 0.15) is 0 Å². The van der Waals surface area contributed by atoms with Crippen LogP contribution in [0.15, 0.2) is 15.7 Å². The largest absolute Gasteiger partial charge is 0.466 e. The molecule has 1 unspecified atom stereocenters. The van der Waals surface area contributed by atoms with Gasteiger partial charge in [0.05, 0.1) is 11.6 Å². The van der Waals surface area contributed by atoms with Crippen LogP contribution < -0.4 is 5.84 Å². The average Bonchev–Trinajstić information content (AvgIpc) is 2.03. The van der Waals surface area contributed by atoms with Crippen molar-refractivity contribution in [1.29, 1.82) is 0 Å². The van der Waals surface area contributed by atoms with E-state index in [0.717, 1.165) is 0 Å². The van der Waals surface area contributed by atoms with Crippen LogP contribution in [-0.4, -0.2) is 30.5 Å². The lowest BCUT2D eigenvalue weighted by atomic mass is 10.4. The van der Waals surface area contributed by atoms with Gasteiger partial charge in [-0.3, -0.25) is 10.0 Å². The average molecular weight is 234 g/mol. The van der Waals surface area contributed by atoms with E-state index < -0.39 is 12.1 Å². The summed E-state index contributed by atoms with van der Waals surface area (Å²) in [7, 11) is 1.29. The summed E-state index contributed by atoms with van der Waals surface area (Å²) in [5.74, 6) is 4.98. The van der Waals surface area contributed by atoms with Gasteiger partial charge in [-0.05, 0) is 15.9 Å². The molecule has 66 valence electrons. The van der Waals surface area contributed by atoms with Gasteiger partial charge in [0, 0.05) is 12.4 Å². The number of ether oxygens (including phenoxy) is 1. The van der Waals surface area contributed by atoms with E-state index in [1.165, 1.54) is 18.3 Å². The topological polar surface area (TPSA) is 67.9 Å². The maximum atomic E-state index is 11.0. The Morgan fingerprint density at radius 1 is 1.92 bits per heavy atom. The van der Waals surface area contributed by atoms with Crippen molar-refractivity contribution in [1.82, 2.24) is 5.01 Å². The van der Waals surface area contributed by atoms with Crippen molar-refractivity contribution in [3.63, 3.8) is 0 Å². The van der Waals surface area contributed by atoms with Gasteiger partial charge in [-0.25, -0.2) is 10.6 Å². The van der Waals surface area contributed by atoms with Crippen molar-refractivity contribution in [2.24, 2.45) is 10.8 Å². The van der Waals surface area contributed by atoms with Crippen molar-refractivity contribution >= 4 is 28.1 Å². The summed E-state index contributed by atoms with van der Waals surface area (Å²) in [5.41, 5.74) is 0. The predicted octanol–water partition coefficient (Wildman–Crippen LogP) is -0.0181. The van der Waals surface area contributed by atoms with Gasteiger partial charge in [-0.1, -0.05) is 0 Å². The summed E-state index contributed by atoms with van der Waals surface area (Å²) >= 11 is 3.17. The van der Waals surface area contributed by atoms with Crippen LogP contribution in [-0.2, 0) is 9.53 Å². The zero-order valence-electron chi connectivity index (χ0n) is 6.40. The highest BCUT2D eigenvalue weighted by atomic mass is 79.9. The molecule has 1 aliphatic rings. The normalized spacial score (nSPS) is 22.1. The fourth-order valence-electron chi connectivity index (χ4n) is 0.753. The number of hydrazine groups is 1. The molecule has 0 saturated heterocycles. The number of hydrogen-bond acceptors (Lipinski definition) is 5. The molecular formula is C6H8BrN3O2. The van der Waals surface area contributed by atoms with E-state index in [0.29, 0.717) is 4.48 Å². The smallest absolute Gasteiger partial charge is 0.352 e. The van der Waals surface area contributed by atoms with Gasteiger partial charge in [0.1, 0.15) is 0 Å². The molecule has 0 spiro atoms. The van der Waals surface area contributed by atoms with Gasteiger partial charge in [0.15, 0.2) is 0 Å². The maximum Gasteiger partial charge on any atom is 0.352 e.